The lowest BCUT2D eigenvalue weighted by Crippen LogP contribution is -2.40. The molecule has 88 valence electrons. The summed E-state index contributed by atoms with van der Waals surface area (Å²) in [5.74, 6) is -5.63. The highest BCUT2D eigenvalue weighted by Crippen LogP contribution is 2.22. The highest BCUT2D eigenvalue weighted by Gasteiger charge is 2.28. The Labute approximate surface area is 89.9 Å². The summed E-state index contributed by atoms with van der Waals surface area (Å²) in [6.07, 6.45) is 0. The lowest BCUT2D eigenvalue weighted by Gasteiger charge is -2.22. The fourth-order valence-corrected chi connectivity index (χ4v) is 1.01. The van der Waals surface area contributed by atoms with Gasteiger partial charge in [-0.3, -0.25) is 0 Å². The van der Waals surface area contributed by atoms with Crippen molar-refractivity contribution in [2.75, 3.05) is 5.32 Å². The van der Waals surface area contributed by atoms with Crippen LogP contribution in [0.2, 0.25) is 0 Å². The van der Waals surface area contributed by atoms with Crippen molar-refractivity contribution in [2.24, 2.45) is 0 Å². The van der Waals surface area contributed by atoms with E-state index in [0.717, 1.165) is 12.1 Å². The molecule has 1 rings (SSSR count). The second kappa shape index (κ2) is 4.03. The van der Waals surface area contributed by atoms with Crippen LogP contribution in [-0.2, 0) is 4.79 Å². The summed E-state index contributed by atoms with van der Waals surface area (Å²) < 4.78 is 38.6. The predicted molar refractivity (Wildman–Crippen MR) is 51.7 cm³/mol. The van der Waals surface area contributed by atoms with Gasteiger partial charge in [0, 0.05) is 0 Å². The zero-order chi connectivity index (χ0) is 12.5. The highest BCUT2D eigenvalue weighted by molar-refractivity contribution is 5.81. The number of rotatable bonds is 3. The van der Waals surface area contributed by atoms with Gasteiger partial charge in [-0.1, -0.05) is 0 Å². The van der Waals surface area contributed by atoms with Crippen LogP contribution in [0.1, 0.15) is 13.8 Å². The minimum atomic E-state index is -1.63. The van der Waals surface area contributed by atoms with Gasteiger partial charge in [0.25, 0.3) is 0 Å². The lowest BCUT2D eigenvalue weighted by atomic mass is 10.1. The van der Waals surface area contributed by atoms with E-state index < -0.39 is 34.6 Å². The van der Waals surface area contributed by atoms with Crippen LogP contribution in [0.25, 0.3) is 0 Å². The molecule has 0 bridgehead atoms. The molecule has 0 spiro atoms. The molecule has 6 heteroatoms. The van der Waals surface area contributed by atoms with Crippen molar-refractivity contribution in [3.8, 4) is 0 Å². The molecule has 0 radical (unpaired) electrons. The largest absolute Gasteiger partial charge is 0.480 e. The molecule has 0 aliphatic heterocycles. The molecule has 0 aromatic heterocycles. The molecule has 0 aliphatic rings. The van der Waals surface area contributed by atoms with Crippen LogP contribution >= 0.6 is 0 Å². The molecule has 0 aliphatic carbocycles. The molecule has 0 unspecified atom stereocenters. The van der Waals surface area contributed by atoms with Crippen LogP contribution in [0.15, 0.2) is 12.1 Å². The smallest absolute Gasteiger partial charge is 0.328 e. The topological polar surface area (TPSA) is 49.3 Å². The van der Waals surface area contributed by atoms with Crippen molar-refractivity contribution in [3.05, 3.63) is 29.6 Å². The van der Waals surface area contributed by atoms with Crippen molar-refractivity contribution in [1.82, 2.24) is 0 Å². The van der Waals surface area contributed by atoms with E-state index in [1.807, 2.05) is 0 Å². The third kappa shape index (κ3) is 2.26. The maximum Gasteiger partial charge on any atom is 0.328 e. The molecule has 0 atom stereocenters. The molecule has 0 saturated carbocycles. The molecule has 16 heavy (non-hydrogen) atoms. The number of carboxylic acids is 1. The Bertz CT molecular complexity index is 432. The molecule has 1 aromatic carbocycles. The summed E-state index contributed by atoms with van der Waals surface area (Å²) in [4.78, 5) is 10.7. The van der Waals surface area contributed by atoms with Crippen molar-refractivity contribution in [2.45, 2.75) is 19.4 Å². The average Bonchev–Trinajstić information content (AvgIpc) is 2.19. The number of anilines is 1. The minimum absolute atomic E-state index is 0.397. The van der Waals surface area contributed by atoms with Gasteiger partial charge in [-0.25, -0.2) is 18.0 Å². The summed E-state index contributed by atoms with van der Waals surface area (Å²) in [7, 11) is 0. The van der Waals surface area contributed by atoms with E-state index in [9.17, 15) is 18.0 Å². The number of benzene rings is 1. The monoisotopic (exact) mass is 233 g/mol. The Balaban J connectivity index is 3.08. The normalized spacial score (nSPS) is 11.3. The Kier molecular flexibility index (Phi) is 3.11. The van der Waals surface area contributed by atoms with E-state index in [1.54, 1.807) is 0 Å². The number of aliphatic carboxylic acids is 1. The number of hydrogen-bond acceptors (Lipinski definition) is 2. The molecular formula is C10H10F3NO2. The summed E-state index contributed by atoms with van der Waals surface area (Å²) in [6, 6.07) is 1.66. The van der Waals surface area contributed by atoms with Gasteiger partial charge in [-0.05, 0) is 26.0 Å². The molecule has 0 heterocycles. The van der Waals surface area contributed by atoms with Gasteiger partial charge in [0.05, 0.1) is 5.69 Å². The Morgan fingerprint density at radius 1 is 1.25 bits per heavy atom. The van der Waals surface area contributed by atoms with Crippen LogP contribution in [0, 0.1) is 17.5 Å². The van der Waals surface area contributed by atoms with Gasteiger partial charge in [0.15, 0.2) is 17.5 Å². The summed E-state index contributed by atoms with van der Waals surface area (Å²) in [5.41, 5.74) is -1.88. The van der Waals surface area contributed by atoms with Gasteiger partial charge in [-0.2, -0.15) is 0 Å². The molecule has 0 fully saturated rings. The van der Waals surface area contributed by atoms with Crippen LogP contribution in [0.4, 0.5) is 18.9 Å². The fraction of sp³-hybridized carbons (Fsp3) is 0.300. The van der Waals surface area contributed by atoms with Gasteiger partial charge >= 0.3 is 5.97 Å². The highest BCUT2D eigenvalue weighted by atomic mass is 19.2. The van der Waals surface area contributed by atoms with Crippen molar-refractivity contribution in [1.29, 1.82) is 0 Å². The van der Waals surface area contributed by atoms with Crippen LogP contribution in [-0.4, -0.2) is 16.6 Å². The summed E-state index contributed by atoms with van der Waals surface area (Å²) in [5, 5.41) is 11.0. The van der Waals surface area contributed by atoms with E-state index in [-0.39, 0.29) is 0 Å². The van der Waals surface area contributed by atoms with Gasteiger partial charge in [0.2, 0.25) is 0 Å². The first-order chi connectivity index (χ1) is 7.25. The zero-order valence-corrected chi connectivity index (χ0v) is 8.64. The van der Waals surface area contributed by atoms with E-state index >= 15 is 0 Å². The molecule has 0 amide bonds. The maximum atomic E-state index is 13.2. The third-order valence-corrected chi connectivity index (χ3v) is 2.02. The van der Waals surface area contributed by atoms with Crippen molar-refractivity contribution < 1.29 is 23.1 Å². The Morgan fingerprint density at radius 3 is 2.31 bits per heavy atom. The average molecular weight is 233 g/mol. The first-order valence-electron chi connectivity index (χ1n) is 4.41. The third-order valence-electron chi connectivity index (χ3n) is 2.02. The van der Waals surface area contributed by atoms with Crippen LogP contribution in [0.5, 0.6) is 0 Å². The molecule has 3 nitrogen and oxygen atoms in total. The second-order valence-corrected chi connectivity index (χ2v) is 3.78. The zero-order valence-electron chi connectivity index (χ0n) is 8.64. The quantitative estimate of drug-likeness (QED) is 0.788. The molecule has 1 aromatic rings. The minimum Gasteiger partial charge on any atom is -0.480 e. The van der Waals surface area contributed by atoms with Crippen molar-refractivity contribution >= 4 is 11.7 Å². The molecule has 2 N–H and O–H groups in total. The number of hydrogen-bond donors (Lipinski definition) is 2. The number of nitrogens with one attached hydrogen (secondary N) is 1. The fourth-order valence-electron chi connectivity index (χ4n) is 1.01. The summed E-state index contributed by atoms with van der Waals surface area (Å²) >= 11 is 0. The molecular weight excluding hydrogens is 223 g/mol. The van der Waals surface area contributed by atoms with Crippen LogP contribution in [0.3, 0.4) is 0 Å². The van der Waals surface area contributed by atoms with Crippen LogP contribution < -0.4 is 5.32 Å². The number of carboxylic acid groups (broad SMARTS) is 1. The number of halogens is 3. The lowest BCUT2D eigenvalue weighted by molar-refractivity contribution is -0.141. The Morgan fingerprint density at radius 2 is 1.81 bits per heavy atom. The predicted octanol–water partition coefficient (Wildman–Crippen LogP) is 2.38. The Hall–Kier alpha value is -1.72. The van der Waals surface area contributed by atoms with Gasteiger partial charge < -0.3 is 10.4 Å². The first kappa shape index (κ1) is 12.4. The van der Waals surface area contributed by atoms with Gasteiger partial charge in [0.1, 0.15) is 5.54 Å². The number of carbonyl (C=O) groups is 1. The molecule has 0 saturated heterocycles. The standard InChI is InChI=1S/C10H10F3NO2/c1-10(2,9(15)16)14-6-4-3-5(11)7(12)8(6)13/h3-4,14H,1-2H3,(H,15,16). The SMILES string of the molecule is CC(C)(Nc1ccc(F)c(F)c1F)C(=O)O. The second-order valence-electron chi connectivity index (χ2n) is 3.78. The van der Waals surface area contributed by atoms with Gasteiger partial charge in [-0.15, -0.1) is 0 Å². The van der Waals surface area contributed by atoms with E-state index in [4.69, 9.17) is 5.11 Å². The van der Waals surface area contributed by atoms with E-state index in [0.29, 0.717) is 0 Å². The van der Waals surface area contributed by atoms with E-state index in [2.05, 4.69) is 5.32 Å². The van der Waals surface area contributed by atoms with Crippen molar-refractivity contribution in [3.63, 3.8) is 0 Å². The summed E-state index contributed by atoms with van der Waals surface area (Å²) in [6.45, 7) is 2.55. The first-order valence-corrected chi connectivity index (χ1v) is 4.41. The van der Waals surface area contributed by atoms with E-state index in [1.165, 1.54) is 13.8 Å². The maximum absolute atomic E-state index is 13.2.